The molecule has 124 valence electrons. The third-order valence-electron chi connectivity index (χ3n) is 2.98. The molecule has 0 atom stereocenters. The van der Waals surface area contributed by atoms with Crippen molar-refractivity contribution in [1.82, 2.24) is 5.32 Å². The number of guanidine groups is 1. The minimum Gasteiger partial charge on any atom is -0.483 e. The summed E-state index contributed by atoms with van der Waals surface area (Å²) in [6, 6.07) is 16.8. The lowest BCUT2D eigenvalue weighted by Crippen LogP contribution is -2.28. The molecule has 2 aromatic rings. The molecule has 2 aromatic carbocycles. The van der Waals surface area contributed by atoms with Gasteiger partial charge in [0.15, 0.2) is 6.61 Å². The molecule has 7 nitrogen and oxygen atoms in total. The van der Waals surface area contributed by atoms with Crippen LogP contribution in [-0.4, -0.2) is 24.7 Å². The molecule has 0 heterocycles. The molecular formula is C17H19N5O2. The molecule has 0 aliphatic carbocycles. The first-order valence-electron chi connectivity index (χ1n) is 7.29. The Balaban J connectivity index is 1.88. The molecule has 0 aliphatic heterocycles. The molecule has 24 heavy (non-hydrogen) atoms. The summed E-state index contributed by atoms with van der Waals surface area (Å²) in [6.07, 6.45) is 1.46. The molecule has 0 spiro atoms. The SMILES string of the molecule is NC(N)=NN=Cc1ccccc1OCC(=O)NCc1ccccc1. The maximum absolute atomic E-state index is 11.9. The van der Waals surface area contributed by atoms with Gasteiger partial charge in [-0.25, -0.2) is 0 Å². The second-order valence-electron chi connectivity index (χ2n) is 4.86. The molecule has 5 N–H and O–H groups in total. The van der Waals surface area contributed by atoms with Crippen LogP contribution in [-0.2, 0) is 11.3 Å². The number of amides is 1. The fraction of sp³-hybridized carbons (Fsp3) is 0.118. The number of hydrogen-bond donors (Lipinski definition) is 3. The largest absolute Gasteiger partial charge is 0.483 e. The molecule has 0 radical (unpaired) electrons. The summed E-state index contributed by atoms with van der Waals surface area (Å²) in [4.78, 5) is 11.9. The van der Waals surface area contributed by atoms with Gasteiger partial charge in [0.2, 0.25) is 5.96 Å². The number of hydrogen-bond acceptors (Lipinski definition) is 4. The first kappa shape index (κ1) is 17.0. The summed E-state index contributed by atoms with van der Waals surface area (Å²) in [6.45, 7) is 0.358. The van der Waals surface area contributed by atoms with Crippen LogP contribution in [0.4, 0.5) is 0 Å². The number of benzene rings is 2. The molecule has 0 unspecified atom stereocenters. The number of nitrogens with zero attached hydrogens (tertiary/aromatic N) is 2. The number of nitrogens with two attached hydrogens (primary N) is 2. The molecule has 0 fully saturated rings. The van der Waals surface area contributed by atoms with Crippen LogP contribution < -0.4 is 21.5 Å². The average Bonchev–Trinajstić information content (AvgIpc) is 2.59. The lowest BCUT2D eigenvalue weighted by molar-refractivity contribution is -0.123. The predicted molar refractivity (Wildman–Crippen MR) is 93.6 cm³/mol. The van der Waals surface area contributed by atoms with Crippen molar-refractivity contribution in [3.05, 3.63) is 65.7 Å². The van der Waals surface area contributed by atoms with E-state index in [9.17, 15) is 4.79 Å². The van der Waals surface area contributed by atoms with Crippen molar-refractivity contribution in [1.29, 1.82) is 0 Å². The lowest BCUT2D eigenvalue weighted by Gasteiger charge is -2.09. The second-order valence-corrected chi connectivity index (χ2v) is 4.86. The number of carbonyl (C=O) groups excluding carboxylic acids is 1. The number of para-hydroxylation sites is 1. The number of ether oxygens (including phenoxy) is 1. The average molecular weight is 325 g/mol. The quantitative estimate of drug-likeness (QED) is 0.400. The van der Waals surface area contributed by atoms with Gasteiger partial charge in [-0.15, -0.1) is 5.10 Å². The van der Waals surface area contributed by atoms with Crippen LogP contribution in [0.3, 0.4) is 0 Å². The first-order chi connectivity index (χ1) is 11.6. The van der Waals surface area contributed by atoms with Gasteiger partial charge in [0, 0.05) is 12.1 Å². The van der Waals surface area contributed by atoms with Gasteiger partial charge < -0.3 is 21.5 Å². The van der Waals surface area contributed by atoms with Gasteiger partial charge in [-0.2, -0.15) is 5.10 Å². The third-order valence-corrected chi connectivity index (χ3v) is 2.98. The maximum Gasteiger partial charge on any atom is 0.258 e. The minimum absolute atomic E-state index is 0.0972. The molecular weight excluding hydrogens is 306 g/mol. The molecule has 7 heteroatoms. The van der Waals surface area contributed by atoms with E-state index in [1.54, 1.807) is 18.2 Å². The van der Waals surface area contributed by atoms with Crippen LogP contribution in [0, 0.1) is 0 Å². The number of rotatable bonds is 7. The highest BCUT2D eigenvalue weighted by molar-refractivity contribution is 5.85. The van der Waals surface area contributed by atoms with Crippen molar-refractivity contribution >= 4 is 18.1 Å². The molecule has 0 bridgehead atoms. The standard InChI is InChI=1S/C17H19N5O2/c18-17(19)22-21-11-14-8-4-5-9-15(14)24-12-16(23)20-10-13-6-2-1-3-7-13/h1-9,11H,10,12H2,(H,20,23)(H4,18,19,22). The van der Waals surface area contributed by atoms with Gasteiger partial charge in [-0.1, -0.05) is 42.5 Å². The first-order valence-corrected chi connectivity index (χ1v) is 7.29. The summed E-state index contributed by atoms with van der Waals surface area (Å²) >= 11 is 0. The van der Waals surface area contributed by atoms with Gasteiger partial charge in [0.1, 0.15) is 5.75 Å². The zero-order valence-electron chi connectivity index (χ0n) is 13.1. The van der Waals surface area contributed by atoms with Gasteiger partial charge >= 0.3 is 0 Å². The van der Waals surface area contributed by atoms with Gasteiger partial charge in [-0.05, 0) is 17.7 Å². The van der Waals surface area contributed by atoms with Crippen molar-refractivity contribution < 1.29 is 9.53 Å². The van der Waals surface area contributed by atoms with Crippen LogP contribution in [0.25, 0.3) is 0 Å². The van der Waals surface area contributed by atoms with Gasteiger partial charge in [0.05, 0.1) is 6.21 Å². The summed E-state index contributed by atoms with van der Waals surface area (Å²) in [5.74, 6) is 0.168. The van der Waals surface area contributed by atoms with Crippen molar-refractivity contribution in [3.8, 4) is 5.75 Å². The van der Waals surface area contributed by atoms with E-state index in [0.717, 1.165) is 5.56 Å². The highest BCUT2D eigenvalue weighted by Gasteiger charge is 2.05. The molecule has 2 rings (SSSR count). The normalized spacial score (nSPS) is 10.3. The Kier molecular flexibility index (Phi) is 6.34. The third kappa shape index (κ3) is 5.80. The lowest BCUT2D eigenvalue weighted by atomic mass is 10.2. The van der Waals surface area contributed by atoms with Crippen LogP contribution in [0.2, 0.25) is 0 Å². The summed E-state index contributed by atoms with van der Waals surface area (Å²) < 4.78 is 5.53. The summed E-state index contributed by atoms with van der Waals surface area (Å²) in [7, 11) is 0. The number of carbonyl (C=O) groups is 1. The Morgan fingerprint density at radius 3 is 2.54 bits per heavy atom. The van der Waals surface area contributed by atoms with E-state index in [4.69, 9.17) is 16.2 Å². The van der Waals surface area contributed by atoms with Crippen molar-refractivity contribution in [2.24, 2.45) is 21.7 Å². The van der Waals surface area contributed by atoms with Gasteiger partial charge in [-0.3, -0.25) is 4.79 Å². The van der Waals surface area contributed by atoms with E-state index in [2.05, 4.69) is 15.5 Å². The van der Waals surface area contributed by atoms with Crippen LogP contribution in [0.1, 0.15) is 11.1 Å². The fourth-order valence-corrected chi connectivity index (χ4v) is 1.87. The maximum atomic E-state index is 11.9. The van der Waals surface area contributed by atoms with E-state index in [0.29, 0.717) is 17.9 Å². The molecule has 0 aromatic heterocycles. The van der Waals surface area contributed by atoms with E-state index in [-0.39, 0.29) is 18.5 Å². The highest BCUT2D eigenvalue weighted by atomic mass is 16.5. The fourth-order valence-electron chi connectivity index (χ4n) is 1.87. The Labute approximate surface area is 140 Å². The predicted octanol–water partition coefficient (Wildman–Crippen LogP) is 0.989. The number of nitrogens with one attached hydrogen (secondary N) is 1. The van der Waals surface area contributed by atoms with Crippen LogP contribution >= 0.6 is 0 Å². The Bertz CT molecular complexity index is 725. The zero-order valence-corrected chi connectivity index (χ0v) is 13.1. The molecule has 0 aliphatic rings. The molecule has 0 saturated heterocycles. The van der Waals surface area contributed by atoms with Crippen molar-refractivity contribution in [2.45, 2.75) is 6.54 Å². The summed E-state index contributed by atoms with van der Waals surface area (Å²) in [5.41, 5.74) is 12.1. The zero-order chi connectivity index (χ0) is 17.2. The molecule has 0 saturated carbocycles. The Morgan fingerprint density at radius 1 is 1.08 bits per heavy atom. The monoisotopic (exact) mass is 325 g/mol. The van der Waals surface area contributed by atoms with Crippen molar-refractivity contribution in [3.63, 3.8) is 0 Å². The van der Waals surface area contributed by atoms with Gasteiger partial charge in [0.25, 0.3) is 5.91 Å². The highest BCUT2D eigenvalue weighted by Crippen LogP contribution is 2.15. The van der Waals surface area contributed by atoms with Crippen molar-refractivity contribution in [2.75, 3.05) is 6.61 Å². The Morgan fingerprint density at radius 2 is 1.79 bits per heavy atom. The van der Waals surface area contributed by atoms with E-state index in [1.807, 2.05) is 36.4 Å². The van der Waals surface area contributed by atoms with Crippen LogP contribution in [0.15, 0.2) is 64.8 Å². The van der Waals surface area contributed by atoms with E-state index < -0.39 is 0 Å². The minimum atomic E-state index is -0.213. The van der Waals surface area contributed by atoms with E-state index in [1.165, 1.54) is 6.21 Å². The topological polar surface area (TPSA) is 115 Å². The second kappa shape index (κ2) is 8.94. The smallest absolute Gasteiger partial charge is 0.258 e. The van der Waals surface area contributed by atoms with E-state index >= 15 is 0 Å². The Hall–Kier alpha value is -3.35. The molecule has 1 amide bonds. The summed E-state index contributed by atoms with van der Waals surface area (Å²) in [5, 5.41) is 10.1. The van der Waals surface area contributed by atoms with Crippen LogP contribution in [0.5, 0.6) is 5.75 Å².